The van der Waals surface area contributed by atoms with Crippen molar-refractivity contribution in [1.82, 2.24) is 15.1 Å². The molecule has 1 N–H and O–H groups in total. The number of sulfone groups is 1. The van der Waals surface area contributed by atoms with Crippen molar-refractivity contribution in [1.29, 1.82) is 0 Å². The van der Waals surface area contributed by atoms with Gasteiger partial charge in [0.15, 0.2) is 9.84 Å². The molecule has 3 rings (SSSR count). The molecule has 1 amide bonds. The predicted octanol–water partition coefficient (Wildman–Crippen LogP) is 1.83. The van der Waals surface area contributed by atoms with E-state index in [1.165, 1.54) is 12.1 Å². The molecule has 1 aliphatic rings. The third-order valence-electron chi connectivity index (χ3n) is 4.20. The van der Waals surface area contributed by atoms with Gasteiger partial charge in [-0.3, -0.25) is 9.89 Å². The van der Waals surface area contributed by atoms with E-state index in [4.69, 9.17) is 0 Å². The Hall–Kier alpha value is -2.15. The second kappa shape index (κ2) is 6.16. The fourth-order valence-electron chi connectivity index (χ4n) is 2.94. The van der Waals surface area contributed by atoms with Crippen LogP contribution in [0.4, 0.5) is 0 Å². The third kappa shape index (κ3) is 3.44. The number of carbonyl (C=O) groups excluding carboxylic acids is 1. The molecular formula is C16H19N3O3S. The molecule has 0 unspecified atom stereocenters. The van der Waals surface area contributed by atoms with Crippen LogP contribution in [0, 0.1) is 0 Å². The van der Waals surface area contributed by atoms with Gasteiger partial charge in [-0.25, -0.2) is 8.42 Å². The lowest BCUT2D eigenvalue weighted by atomic mass is 9.94. The zero-order valence-electron chi connectivity index (χ0n) is 12.9. The second-order valence-electron chi connectivity index (χ2n) is 5.90. The fraction of sp³-hybridized carbons (Fsp3) is 0.375. The SMILES string of the molecule is CS(=O)(=O)c1ccc(C(=O)N2CCC[C@H](c3ccn[nH]3)C2)cc1. The van der Waals surface area contributed by atoms with Crippen LogP contribution in [0.15, 0.2) is 41.4 Å². The Morgan fingerprint density at radius 1 is 1.26 bits per heavy atom. The number of amides is 1. The van der Waals surface area contributed by atoms with Gasteiger partial charge in [0.25, 0.3) is 5.91 Å². The van der Waals surface area contributed by atoms with Gasteiger partial charge in [-0.15, -0.1) is 0 Å². The smallest absolute Gasteiger partial charge is 0.253 e. The number of nitrogens with one attached hydrogen (secondary N) is 1. The molecule has 1 aliphatic heterocycles. The fourth-order valence-corrected chi connectivity index (χ4v) is 3.57. The minimum absolute atomic E-state index is 0.0609. The van der Waals surface area contributed by atoms with Gasteiger partial charge >= 0.3 is 0 Å². The number of hydrogen-bond acceptors (Lipinski definition) is 4. The summed E-state index contributed by atoms with van der Waals surface area (Å²) in [6.07, 6.45) is 4.85. The highest BCUT2D eigenvalue weighted by Crippen LogP contribution is 2.26. The summed E-state index contributed by atoms with van der Waals surface area (Å²) in [7, 11) is -3.24. The lowest BCUT2D eigenvalue weighted by Crippen LogP contribution is -2.39. The minimum Gasteiger partial charge on any atom is -0.338 e. The van der Waals surface area contributed by atoms with Crippen LogP contribution in [0.3, 0.4) is 0 Å². The summed E-state index contributed by atoms with van der Waals surface area (Å²) < 4.78 is 23.0. The van der Waals surface area contributed by atoms with Crippen LogP contribution in [0.2, 0.25) is 0 Å². The first-order valence-electron chi connectivity index (χ1n) is 7.54. The number of piperidine rings is 1. The molecule has 23 heavy (non-hydrogen) atoms. The quantitative estimate of drug-likeness (QED) is 0.929. The Morgan fingerprint density at radius 3 is 2.61 bits per heavy atom. The molecule has 2 aromatic rings. The van der Waals surface area contributed by atoms with Gasteiger partial charge in [0.05, 0.1) is 4.90 Å². The Kier molecular flexibility index (Phi) is 4.21. The predicted molar refractivity (Wildman–Crippen MR) is 86.0 cm³/mol. The van der Waals surface area contributed by atoms with E-state index < -0.39 is 9.84 Å². The van der Waals surface area contributed by atoms with Crippen LogP contribution in [-0.2, 0) is 9.84 Å². The average molecular weight is 333 g/mol. The Morgan fingerprint density at radius 2 is 2.00 bits per heavy atom. The van der Waals surface area contributed by atoms with Gasteiger partial charge in [-0.2, -0.15) is 5.10 Å². The van der Waals surface area contributed by atoms with E-state index in [1.807, 2.05) is 11.0 Å². The van der Waals surface area contributed by atoms with E-state index in [0.29, 0.717) is 12.1 Å². The van der Waals surface area contributed by atoms with E-state index in [1.54, 1.807) is 18.3 Å². The monoisotopic (exact) mass is 333 g/mol. The van der Waals surface area contributed by atoms with E-state index in [0.717, 1.165) is 31.3 Å². The molecule has 7 heteroatoms. The van der Waals surface area contributed by atoms with Gasteiger partial charge in [-0.05, 0) is 43.2 Å². The number of benzene rings is 1. The molecule has 1 atom stereocenters. The maximum atomic E-state index is 12.6. The standard InChI is InChI=1S/C16H19N3O3S/c1-23(21,22)14-6-4-12(5-7-14)16(20)19-10-2-3-13(11-19)15-8-9-17-18-15/h4-9,13H,2-3,10-11H2,1H3,(H,17,18)/t13-/m0/s1. The van der Waals surface area contributed by atoms with Crippen molar-refractivity contribution < 1.29 is 13.2 Å². The summed E-state index contributed by atoms with van der Waals surface area (Å²) >= 11 is 0. The highest BCUT2D eigenvalue weighted by atomic mass is 32.2. The number of likely N-dealkylation sites (tertiary alicyclic amines) is 1. The molecule has 0 spiro atoms. The minimum atomic E-state index is -3.24. The number of carbonyl (C=O) groups is 1. The summed E-state index contributed by atoms with van der Waals surface area (Å²) in [6.45, 7) is 1.37. The molecule has 6 nitrogen and oxygen atoms in total. The van der Waals surface area contributed by atoms with Crippen LogP contribution in [-0.4, -0.2) is 48.8 Å². The summed E-state index contributed by atoms with van der Waals surface area (Å²) in [5.74, 6) is 0.208. The molecule has 2 heterocycles. The Labute approximate surface area is 135 Å². The van der Waals surface area contributed by atoms with E-state index in [9.17, 15) is 13.2 Å². The van der Waals surface area contributed by atoms with Gasteiger partial charge in [0.1, 0.15) is 0 Å². The van der Waals surface area contributed by atoms with E-state index in [-0.39, 0.29) is 16.7 Å². The third-order valence-corrected chi connectivity index (χ3v) is 5.33. The Bertz CT molecular complexity index is 782. The van der Waals surface area contributed by atoms with E-state index in [2.05, 4.69) is 10.2 Å². The van der Waals surface area contributed by atoms with Crippen LogP contribution in [0.1, 0.15) is 34.8 Å². The molecule has 1 aromatic heterocycles. The van der Waals surface area contributed by atoms with Gasteiger partial charge < -0.3 is 4.90 Å². The molecule has 1 aromatic carbocycles. The first-order valence-corrected chi connectivity index (χ1v) is 9.43. The molecule has 0 saturated carbocycles. The zero-order chi connectivity index (χ0) is 16.4. The lowest BCUT2D eigenvalue weighted by molar-refractivity contribution is 0.0705. The van der Waals surface area contributed by atoms with Gasteiger partial charge in [0.2, 0.25) is 0 Å². The van der Waals surface area contributed by atoms with Crippen molar-refractivity contribution in [2.75, 3.05) is 19.3 Å². The van der Waals surface area contributed by atoms with Crippen molar-refractivity contribution in [3.63, 3.8) is 0 Å². The number of nitrogens with zero attached hydrogens (tertiary/aromatic N) is 2. The molecular weight excluding hydrogens is 314 g/mol. The number of hydrogen-bond donors (Lipinski definition) is 1. The van der Waals surface area contributed by atoms with Crippen molar-refractivity contribution in [3.05, 3.63) is 47.8 Å². The molecule has 0 radical (unpaired) electrons. The van der Waals surface area contributed by atoms with Crippen molar-refractivity contribution >= 4 is 15.7 Å². The number of aromatic amines is 1. The summed E-state index contributed by atoms with van der Waals surface area (Å²) in [5.41, 5.74) is 1.57. The summed E-state index contributed by atoms with van der Waals surface area (Å²) in [6, 6.07) is 8.08. The number of aromatic nitrogens is 2. The van der Waals surface area contributed by atoms with Crippen molar-refractivity contribution in [3.8, 4) is 0 Å². The average Bonchev–Trinajstić information content (AvgIpc) is 3.08. The highest BCUT2D eigenvalue weighted by molar-refractivity contribution is 7.90. The first kappa shape index (κ1) is 15.7. The Balaban J connectivity index is 1.75. The van der Waals surface area contributed by atoms with Gasteiger partial charge in [-0.1, -0.05) is 0 Å². The largest absolute Gasteiger partial charge is 0.338 e. The highest BCUT2D eigenvalue weighted by Gasteiger charge is 2.26. The lowest BCUT2D eigenvalue weighted by Gasteiger charge is -2.32. The van der Waals surface area contributed by atoms with Crippen LogP contribution in [0.25, 0.3) is 0 Å². The van der Waals surface area contributed by atoms with Crippen LogP contribution in [0.5, 0.6) is 0 Å². The summed E-state index contributed by atoms with van der Waals surface area (Å²) in [4.78, 5) is 14.7. The number of rotatable bonds is 3. The molecule has 122 valence electrons. The number of H-pyrrole nitrogens is 1. The maximum absolute atomic E-state index is 12.6. The topological polar surface area (TPSA) is 83.1 Å². The second-order valence-corrected chi connectivity index (χ2v) is 7.91. The van der Waals surface area contributed by atoms with E-state index >= 15 is 0 Å². The molecule has 0 aliphatic carbocycles. The van der Waals surface area contributed by atoms with Crippen LogP contribution < -0.4 is 0 Å². The van der Waals surface area contributed by atoms with Crippen molar-refractivity contribution in [2.24, 2.45) is 0 Å². The van der Waals surface area contributed by atoms with Crippen LogP contribution >= 0.6 is 0 Å². The maximum Gasteiger partial charge on any atom is 0.253 e. The first-order chi connectivity index (χ1) is 10.9. The molecule has 1 fully saturated rings. The normalized spacial score (nSPS) is 18.8. The van der Waals surface area contributed by atoms with Gasteiger partial charge in [0, 0.05) is 42.7 Å². The zero-order valence-corrected chi connectivity index (χ0v) is 13.7. The summed E-state index contributed by atoms with van der Waals surface area (Å²) in [5, 5.41) is 6.95. The van der Waals surface area contributed by atoms with Crippen molar-refractivity contribution in [2.45, 2.75) is 23.7 Å². The molecule has 0 bridgehead atoms. The molecule has 1 saturated heterocycles.